The Kier molecular flexibility index (Phi) is 12.0. The number of ether oxygens (including phenoxy) is 1. The molecular formula is C39H36ClFN4O5. The van der Waals surface area contributed by atoms with Crippen molar-refractivity contribution in [2.75, 3.05) is 18.0 Å². The number of benzene rings is 5. The van der Waals surface area contributed by atoms with E-state index in [-0.39, 0.29) is 25.5 Å². The minimum absolute atomic E-state index is 0.0277. The van der Waals surface area contributed by atoms with E-state index in [1.54, 1.807) is 84.6 Å². The number of anilines is 1. The first kappa shape index (κ1) is 35.4. The molecule has 50 heavy (non-hydrogen) atoms. The first-order valence-corrected chi connectivity index (χ1v) is 16.3. The number of carbonyl (C=O) groups is 3. The lowest BCUT2D eigenvalue weighted by molar-refractivity contribution is 0.0986. The summed E-state index contributed by atoms with van der Waals surface area (Å²) in [6, 6.07) is 34.3. The molecule has 0 aliphatic rings. The standard InChI is InChI=1S/C39H36ClFN4O5/c1-26(44-39(48)49)30-12-7-13-33(23-30)50-36-24-32(40)19-20-35(36)45(22-8-21-42-38(47)43-25-31-11-5-6-14-34(31)41)37(46)29-17-15-28(16-18-29)27-9-3-2-4-10-27/h2-7,9-20,23-24,26,44H,8,21-22,25H2,1H3,(H,48,49)(H2,42,43,47)/t26-/m0/s1. The maximum absolute atomic E-state index is 14.2. The van der Waals surface area contributed by atoms with Crippen molar-refractivity contribution in [2.24, 2.45) is 0 Å². The topological polar surface area (TPSA) is 120 Å². The van der Waals surface area contributed by atoms with Gasteiger partial charge in [0.2, 0.25) is 0 Å². The SMILES string of the molecule is C[C@H](NC(=O)O)c1cccc(Oc2cc(Cl)ccc2N(CCCNC(=O)NCc2ccccc2F)C(=O)c2ccc(-c3ccccc3)cc2)c1. The lowest BCUT2D eigenvalue weighted by atomic mass is 10.0. The molecule has 5 rings (SSSR count). The number of rotatable bonds is 13. The fourth-order valence-corrected chi connectivity index (χ4v) is 5.44. The molecule has 0 spiro atoms. The molecule has 0 saturated heterocycles. The maximum atomic E-state index is 14.2. The molecule has 4 amide bonds. The quantitative estimate of drug-likeness (QED) is 0.0919. The lowest BCUT2D eigenvalue weighted by Gasteiger charge is -2.26. The molecule has 0 heterocycles. The monoisotopic (exact) mass is 694 g/mol. The van der Waals surface area contributed by atoms with Crippen LogP contribution in [0.15, 0.2) is 121 Å². The second kappa shape index (κ2) is 17.0. The second-order valence-corrected chi connectivity index (χ2v) is 11.8. The summed E-state index contributed by atoms with van der Waals surface area (Å²) in [5.41, 5.74) is 3.91. The van der Waals surface area contributed by atoms with Crippen molar-refractivity contribution in [3.8, 4) is 22.6 Å². The molecule has 256 valence electrons. The third kappa shape index (κ3) is 9.61. The molecule has 0 aliphatic carbocycles. The van der Waals surface area contributed by atoms with Crippen LogP contribution in [0.1, 0.15) is 40.9 Å². The van der Waals surface area contributed by atoms with E-state index in [1.807, 2.05) is 42.5 Å². The van der Waals surface area contributed by atoms with Gasteiger partial charge in [0, 0.05) is 41.9 Å². The smallest absolute Gasteiger partial charge is 0.405 e. The third-order valence-corrected chi connectivity index (χ3v) is 8.10. The molecule has 0 unspecified atom stereocenters. The van der Waals surface area contributed by atoms with Crippen molar-refractivity contribution < 1.29 is 28.6 Å². The molecular weight excluding hydrogens is 659 g/mol. The highest BCUT2D eigenvalue weighted by atomic mass is 35.5. The number of halogens is 2. The number of carbonyl (C=O) groups excluding carboxylic acids is 2. The van der Waals surface area contributed by atoms with Gasteiger partial charge in [-0.1, -0.05) is 84.4 Å². The molecule has 0 bridgehead atoms. The Hall–Kier alpha value is -5.87. The first-order valence-electron chi connectivity index (χ1n) is 16.0. The zero-order valence-electron chi connectivity index (χ0n) is 27.2. The minimum atomic E-state index is -1.15. The summed E-state index contributed by atoms with van der Waals surface area (Å²) in [5, 5.41) is 17.4. The molecule has 0 fully saturated rings. The van der Waals surface area contributed by atoms with Gasteiger partial charge in [0.25, 0.3) is 5.91 Å². The summed E-state index contributed by atoms with van der Waals surface area (Å²) in [5.74, 6) is 0.0166. The van der Waals surface area contributed by atoms with E-state index in [9.17, 15) is 18.8 Å². The van der Waals surface area contributed by atoms with Gasteiger partial charge < -0.3 is 30.7 Å². The number of hydrogen-bond donors (Lipinski definition) is 4. The van der Waals surface area contributed by atoms with Crippen LogP contribution < -0.4 is 25.6 Å². The van der Waals surface area contributed by atoms with E-state index in [1.165, 1.54) is 6.07 Å². The highest BCUT2D eigenvalue weighted by Crippen LogP contribution is 2.36. The number of amides is 4. The Morgan fingerprint density at radius 1 is 0.840 bits per heavy atom. The van der Waals surface area contributed by atoms with Crippen LogP contribution in [0.3, 0.4) is 0 Å². The van der Waals surface area contributed by atoms with Crippen LogP contribution in [-0.4, -0.2) is 36.2 Å². The van der Waals surface area contributed by atoms with Gasteiger partial charge in [-0.05, 0) is 72.5 Å². The summed E-state index contributed by atoms with van der Waals surface area (Å²) in [4.78, 5) is 39.4. The Morgan fingerprint density at radius 3 is 2.30 bits per heavy atom. The van der Waals surface area contributed by atoms with Crippen molar-refractivity contribution >= 4 is 35.3 Å². The van der Waals surface area contributed by atoms with Crippen LogP contribution in [0.5, 0.6) is 11.5 Å². The van der Waals surface area contributed by atoms with Gasteiger partial charge in [0.1, 0.15) is 11.6 Å². The van der Waals surface area contributed by atoms with E-state index in [2.05, 4.69) is 16.0 Å². The van der Waals surface area contributed by atoms with Crippen molar-refractivity contribution in [2.45, 2.75) is 25.9 Å². The van der Waals surface area contributed by atoms with Gasteiger partial charge in [-0.25, -0.2) is 14.0 Å². The van der Waals surface area contributed by atoms with Crippen LogP contribution in [-0.2, 0) is 6.54 Å². The van der Waals surface area contributed by atoms with Crippen molar-refractivity contribution in [1.29, 1.82) is 0 Å². The van der Waals surface area contributed by atoms with Gasteiger partial charge in [0.15, 0.2) is 5.75 Å². The van der Waals surface area contributed by atoms with E-state index < -0.39 is 24.0 Å². The summed E-state index contributed by atoms with van der Waals surface area (Å²) in [6.45, 7) is 2.17. The number of nitrogens with zero attached hydrogens (tertiary/aromatic N) is 1. The molecule has 9 nitrogen and oxygen atoms in total. The van der Waals surface area contributed by atoms with Gasteiger partial charge in [-0.3, -0.25) is 4.79 Å². The van der Waals surface area contributed by atoms with Gasteiger partial charge in [-0.15, -0.1) is 0 Å². The molecule has 0 radical (unpaired) electrons. The van der Waals surface area contributed by atoms with Gasteiger partial charge in [0.05, 0.1) is 11.7 Å². The Balaban J connectivity index is 1.36. The molecule has 1 atom stereocenters. The average Bonchev–Trinajstić information content (AvgIpc) is 3.12. The van der Waals surface area contributed by atoms with Crippen LogP contribution in [0, 0.1) is 5.82 Å². The van der Waals surface area contributed by atoms with E-state index in [4.69, 9.17) is 21.4 Å². The van der Waals surface area contributed by atoms with Crippen LogP contribution in [0.4, 0.5) is 19.7 Å². The van der Waals surface area contributed by atoms with Crippen LogP contribution >= 0.6 is 11.6 Å². The van der Waals surface area contributed by atoms with E-state index in [0.717, 1.165) is 11.1 Å². The molecule has 11 heteroatoms. The van der Waals surface area contributed by atoms with Crippen molar-refractivity contribution in [3.63, 3.8) is 0 Å². The predicted molar refractivity (Wildman–Crippen MR) is 192 cm³/mol. The normalized spacial score (nSPS) is 11.3. The zero-order valence-corrected chi connectivity index (χ0v) is 28.0. The maximum Gasteiger partial charge on any atom is 0.405 e. The minimum Gasteiger partial charge on any atom is -0.465 e. The first-order chi connectivity index (χ1) is 24.2. The highest BCUT2D eigenvalue weighted by molar-refractivity contribution is 6.30. The Labute approximate surface area is 294 Å². The zero-order chi connectivity index (χ0) is 35.5. The van der Waals surface area contributed by atoms with Crippen molar-refractivity contribution in [3.05, 3.63) is 149 Å². The van der Waals surface area contributed by atoms with Crippen LogP contribution in [0.25, 0.3) is 11.1 Å². The molecule has 5 aromatic carbocycles. The molecule has 0 aromatic heterocycles. The fourth-order valence-electron chi connectivity index (χ4n) is 5.28. The van der Waals surface area contributed by atoms with E-state index >= 15 is 0 Å². The molecule has 0 saturated carbocycles. The largest absolute Gasteiger partial charge is 0.465 e. The third-order valence-electron chi connectivity index (χ3n) is 7.86. The fraction of sp³-hybridized carbons (Fsp3) is 0.154. The summed E-state index contributed by atoms with van der Waals surface area (Å²) in [7, 11) is 0. The number of carboxylic acid groups (broad SMARTS) is 1. The van der Waals surface area contributed by atoms with Crippen molar-refractivity contribution in [1.82, 2.24) is 16.0 Å². The van der Waals surface area contributed by atoms with Gasteiger partial charge in [-0.2, -0.15) is 0 Å². The Morgan fingerprint density at radius 2 is 1.56 bits per heavy atom. The predicted octanol–water partition coefficient (Wildman–Crippen LogP) is 8.80. The highest BCUT2D eigenvalue weighted by Gasteiger charge is 2.22. The number of urea groups is 1. The molecule has 5 aromatic rings. The summed E-state index contributed by atoms with van der Waals surface area (Å²) < 4.78 is 20.3. The molecule has 4 N–H and O–H groups in total. The van der Waals surface area contributed by atoms with E-state index in [0.29, 0.717) is 45.3 Å². The van der Waals surface area contributed by atoms with Gasteiger partial charge >= 0.3 is 12.1 Å². The Bertz CT molecular complexity index is 1940. The number of hydrogen-bond acceptors (Lipinski definition) is 4. The second-order valence-electron chi connectivity index (χ2n) is 11.4. The molecule has 0 aliphatic heterocycles. The summed E-state index contributed by atoms with van der Waals surface area (Å²) >= 11 is 6.41. The summed E-state index contributed by atoms with van der Waals surface area (Å²) in [6.07, 6.45) is -0.777. The van der Waals surface area contributed by atoms with Crippen LogP contribution in [0.2, 0.25) is 5.02 Å². The number of nitrogens with one attached hydrogen (secondary N) is 3. The lowest BCUT2D eigenvalue weighted by Crippen LogP contribution is -2.38. The average molecular weight is 695 g/mol.